The van der Waals surface area contributed by atoms with Crippen LogP contribution in [0.3, 0.4) is 0 Å². The zero-order chi connectivity index (χ0) is 11.3. The van der Waals surface area contributed by atoms with Crippen LogP contribution < -0.4 is 20.3 Å². The van der Waals surface area contributed by atoms with Crippen LogP contribution in [0.25, 0.3) is 0 Å². The lowest BCUT2D eigenvalue weighted by Gasteiger charge is -2.07. The van der Waals surface area contributed by atoms with E-state index in [1.807, 2.05) is 0 Å². The van der Waals surface area contributed by atoms with Crippen LogP contribution in [0.2, 0.25) is 0 Å². The maximum atomic E-state index is 10.7. The van der Waals surface area contributed by atoms with Gasteiger partial charge in [0.15, 0.2) is 0 Å². The van der Waals surface area contributed by atoms with Crippen LogP contribution in [0.5, 0.6) is 5.75 Å². The van der Waals surface area contributed by atoms with Crippen LogP contribution in [0, 0.1) is 0 Å². The van der Waals surface area contributed by atoms with Gasteiger partial charge in [-0.05, 0) is 12.1 Å². The van der Waals surface area contributed by atoms with Gasteiger partial charge in [0, 0.05) is 12.6 Å². The second-order valence-corrected chi connectivity index (χ2v) is 4.11. The summed E-state index contributed by atoms with van der Waals surface area (Å²) < 4.78 is 28.8. The molecule has 1 rings (SSSR count). The summed E-state index contributed by atoms with van der Waals surface area (Å²) >= 11 is 0. The normalized spacial score (nSPS) is 11.1. The minimum atomic E-state index is -3.74. The Kier molecular flexibility index (Phi) is 3.89. The Morgan fingerprint density at radius 3 is 2.73 bits per heavy atom. The van der Waals surface area contributed by atoms with E-state index in [1.54, 1.807) is 18.2 Å². The van der Waals surface area contributed by atoms with E-state index in [9.17, 15) is 8.42 Å². The summed E-state index contributed by atoms with van der Waals surface area (Å²) in [6.45, 7) is 0.770. The summed E-state index contributed by atoms with van der Waals surface area (Å²) in [7, 11) is -3.74. The first-order valence-electron chi connectivity index (χ1n) is 4.25. The van der Waals surface area contributed by atoms with Gasteiger partial charge in [-0.25, -0.2) is 5.14 Å². The zero-order valence-corrected chi connectivity index (χ0v) is 8.83. The third-order valence-corrected chi connectivity index (χ3v) is 2.00. The smallest absolute Gasteiger partial charge is 0.296 e. The van der Waals surface area contributed by atoms with E-state index in [4.69, 9.17) is 15.6 Å². The van der Waals surface area contributed by atoms with Crippen LogP contribution in [0.1, 0.15) is 0 Å². The van der Waals surface area contributed by atoms with E-state index >= 15 is 0 Å². The molecule has 0 saturated heterocycles. The molecule has 0 aliphatic rings. The van der Waals surface area contributed by atoms with Crippen molar-refractivity contribution in [2.45, 2.75) is 0 Å². The van der Waals surface area contributed by atoms with Crippen molar-refractivity contribution in [2.75, 3.05) is 17.9 Å². The minimum absolute atomic E-state index is 0.354. The molecule has 15 heavy (non-hydrogen) atoms. The molecule has 0 aromatic heterocycles. The molecule has 1 aromatic rings. The van der Waals surface area contributed by atoms with Gasteiger partial charge in [-0.1, -0.05) is 6.07 Å². The van der Waals surface area contributed by atoms with Crippen LogP contribution in [-0.4, -0.2) is 21.6 Å². The summed E-state index contributed by atoms with van der Waals surface area (Å²) in [5.41, 5.74) is 5.61. The Balaban J connectivity index is 2.74. The van der Waals surface area contributed by atoms with Crippen LogP contribution in [0.4, 0.5) is 5.69 Å². The Morgan fingerprint density at radius 1 is 1.40 bits per heavy atom. The summed E-state index contributed by atoms with van der Waals surface area (Å²) in [6.07, 6.45) is 0. The second-order valence-electron chi connectivity index (χ2n) is 2.81. The SMILES string of the molecule is NCCOc1cccc(NS(N)(=O)=O)c1. The third-order valence-electron chi connectivity index (χ3n) is 1.48. The predicted molar refractivity (Wildman–Crippen MR) is 57.7 cm³/mol. The molecule has 0 amide bonds. The lowest BCUT2D eigenvalue weighted by Crippen LogP contribution is -2.21. The number of hydrogen-bond acceptors (Lipinski definition) is 4. The largest absolute Gasteiger partial charge is 0.492 e. The van der Waals surface area contributed by atoms with Crippen molar-refractivity contribution >= 4 is 15.9 Å². The topological polar surface area (TPSA) is 107 Å². The summed E-state index contributed by atoms with van der Waals surface area (Å²) in [6, 6.07) is 6.45. The number of ether oxygens (including phenoxy) is 1. The van der Waals surface area contributed by atoms with Gasteiger partial charge in [0.2, 0.25) is 0 Å². The van der Waals surface area contributed by atoms with Crippen molar-refractivity contribution in [1.29, 1.82) is 0 Å². The number of anilines is 1. The van der Waals surface area contributed by atoms with Gasteiger partial charge in [-0.2, -0.15) is 8.42 Å². The summed E-state index contributed by atoms with van der Waals surface area (Å²) in [5.74, 6) is 0.536. The predicted octanol–water partition coefficient (Wildman–Crippen LogP) is -0.360. The zero-order valence-electron chi connectivity index (χ0n) is 8.01. The first-order chi connectivity index (χ1) is 7.01. The van der Waals surface area contributed by atoms with Gasteiger partial charge in [0.05, 0.1) is 5.69 Å². The van der Waals surface area contributed by atoms with Gasteiger partial charge in [0.1, 0.15) is 12.4 Å². The molecule has 5 N–H and O–H groups in total. The summed E-state index contributed by atoms with van der Waals surface area (Å²) in [4.78, 5) is 0. The average molecular weight is 231 g/mol. The Morgan fingerprint density at radius 2 is 2.13 bits per heavy atom. The van der Waals surface area contributed by atoms with E-state index in [-0.39, 0.29) is 0 Å². The molecule has 0 atom stereocenters. The third kappa shape index (κ3) is 4.63. The quantitative estimate of drug-likeness (QED) is 0.643. The highest BCUT2D eigenvalue weighted by Crippen LogP contribution is 2.17. The van der Waals surface area contributed by atoms with E-state index in [0.29, 0.717) is 24.6 Å². The van der Waals surface area contributed by atoms with Crippen molar-refractivity contribution < 1.29 is 13.2 Å². The van der Waals surface area contributed by atoms with Crippen LogP contribution >= 0.6 is 0 Å². The molecule has 0 fully saturated rings. The molecule has 0 radical (unpaired) electrons. The minimum Gasteiger partial charge on any atom is -0.492 e. The number of benzene rings is 1. The molecule has 0 spiro atoms. The van der Waals surface area contributed by atoms with Crippen molar-refractivity contribution in [3.05, 3.63) is 24.3 Å². The van der Waals surface area contributed by atoms with Crippen molar-refractivity contribution in [3.8, 4) is 5.75 Å². The number of rotatable bonds is 5. The summed E-state index contributed by atoms with van der Waals surface area (Å²) in [5, 5.41) is 4.82. The first-order valence-corrected chi connectivity index (χ1v) is 5.79. The molecule has 84 valence electrons. The standard InChI is InChI=1S/C8H13N3O3S/c9-4-5-14-8-3-1-2-7(6-8)11-15(10,12)13/h1-3,6,11H,4-5,9H2,(H2,10,12,13). The van der Waals surface area contributed by atoms with Gasteiger partial charge in [-0.3, -0.25) is 4.72 Å². The fourth-order valence-electron chi connectivity index (χ4n) is 0.990. The van der Waals surface area contributed by atoms with Crippen molar-refractivity contribution in [2.24, 2.45) is 10.9 Å². The molecule has 0 unspecified atom stereocenters. The Bertz CT molecular complexity index is 419. The fourth-order valence-corrected chi connectivity index (χ4v) is 1.45. The lowest BCUT2D eigenvalue weighted by atomic mass is 10.3. The average Bonchev–Trinajstić information content (AvgIpc) is 2.12. The molecule has 0 heterocycles. The monoisotopic (exact) mass is 231 g/mol. The van der Waals surface area contributed by atoms with Crippen molar-refractivity contribution in [1.82, 2.24) is 0 Å². The van der Waals surface area contributed by atoms with Gasteiger partial charge in [-0.15, -0.1) is 0 Å². The molecule has 0 aliphatic carbocycles. The molecule has 0 saturated carbocycles. The van der Waals surface area contributed by atoms with E-state index in [2.05, 4.69) is 4.72 Å². The van der Waals surface area contributed by atoms with Crippen LogP contribution in [0.15, 0.2) is 24.3 Å². The lowest BCUT2D eigenvalue weighted by molar-refractivity contribution is 0.328. The fraction of sp³-hybridized carbons (Fsp3) is 0.250. The Labute approximate surface area is 88.4 Å². The molecular formula is C8H13N3O3S. The molecule has 0 bridgehead atoms. The maximum absolute atomic E-state index is 10.7. The highest BCUT2D eigenvalue weighted by Gasteiger charge is 2.02. The van der Waals surface area contributed by atoms with Crippen molar-refractivity contribution in [3.63, 3.8) is 0 Å². The highest BCUT2D eigenvalue weighted by atomic mass is 32.2. The van der Waals surface area contributed by atoms with Gasteiger partial charge >= 0.3 is 0 Å². The van der Waals surface area contributed by atoms with E-state index < -0.39 is 10.2 Å². The molecule has 6 nitrogen and oxygen atoms in total. The molecule has 1 aromatic carbocycles. The maximum Gasteiger partial charge on any atom is 0.296 e. The van der Waals surface area contributed by atoms with Gasteiger partial charge in [0.25, 0.3) is 10.2 Å². The van der Waals surface area contributed by atoms with E-state index in [0.717, 1.165) is 0 Å². The second kappa shape index (κ2) is 4.96. The molecule has 7 heteroatoms. The van der Waals surface area contributed by atoms with Crippen LogP contribution in [-0.2, 0) is 10.2 Å². The highest BCUT2D eigenvalue weighted by molar-refractivity contribution is 7.90. The number of nitrogens with two attached hydrogens (primary N) is 2. The number of nitrogens with one attached hydrogen (secondary N) is 1. The Hall–Kier alpha value is -1.31. The molecule has 0 aliphatic heterocycles. The van der Waals surface area contributed by atoms with E-state index in [1.165, 1.54) is 6.07 Å². The molecular weight excluding hydrogens is 218 g/mol. The van der Waals surface area contributed by atoms with Gasteiger partial charge < -0.3 is 10.5 Å². The first kappa shape index (κ1) is 11.8. The number of hydrogen-bond donors (Lipinski definition) is 3.